The summed E-state index contributed by atoms with van der Waals surface area (Å²) >= 11 is 0. The average molecular weight is 243 g/mol. The number of nitrogens with zero attached hydrogens (tertiary/aromatic N) is 2. The molecule has 1 aliphatic carbocycles. The summed E-state index contributed by atoms with van der Waals surface area (Å²) in [4.78, 5) is 6.82. The van der Waals surface area contributed by atoms with Crippen LogP contribution in [0, 0.1) is 6.92 Å². The second-order valence-electron chi connectivity index (χ2n) is 5.47. The number of guanidine groups is 1. The highest BCUT2D eigenvalue weighted by atomic mass is 15.3. The van der Waals surface area contributed by atoms with Gasteiger partial charge in [0.15, 0.2) is 5.96 Å². The molecule has 3 heteroatoms. The molecule has 18 heavy (non-hydrogen) atoms. The first-order chi connectivity index (χ1) is 8.75. The van der Waals surface area contributed by atoms with Gasteiger partial charge < -0.3 is 10.6 Å². The van der Waals surface area contributed by atoms with Crippen LogP contribution in [0.3, 0.4) is 0 Å². The van der Waals surface area contributed by atoms with Gasteiger partial charge >= 0.3 is 0 Å². The third kappa shape index (κ3) is 1.98. The summed E-state index contributed by atoms with van der Waals surface area (Å²) in [6.07, 6.45) is 5.18. The van der Waals surface area contributed by atoms with Crippen LogP contribution in [0.15, 0.2) is 29.3 Å². The lowest BCUT2D eigenvalue weighted by atomic mass is 10.0. The van der Waals surface area contributed by atoms with Crippen LogP contribution in [-0.4, -0.2) is 23.4 Å². The molecule has 1 aromatic carbocycles. The number of aryl methyl sites for hydroxylation is 1. The molecule has 2 aliphatic rings. The van der Waals surface area contributed by atoms with Gasteiger partial charge in [0.2, 0.25) is 0 Å². The number of hydrogen-bond donors (Lipinski definition) is 1. The number of rotatable bonds is 2. The summed E-state index contributed by atoms with van der Waals surface area (Å²) in [7, 11) is 0. The summed E-state index contributed by atoms with van der Waals surface area (Å²) in [6, 6.07) is 9.75. The van der Waals surface area contributed by atoms with Crippen molar-refractivity contribution >= 4 is 5.96 Å². The van der Waals surface area contributed by atoms with Gasteiger partial charge in [-0.15, -0.1) is 0 Å². The van der Waals surface area contributed by atoms with E-state index in [2.05, 4.69) is 41.1 Å². The zero-order valence-electron chi connectivity index (χ0n) is 11.0. The van der Waals surface area contributed by atoms with Crippen LogP contribution in [0.25, 0.3) is 0 Å². The van der Waals surface area contributed by atoms with E-state index in [4.69, 9.17) is 5.73 Å². The molecule has 1 aliphatic heterocycles. The van der Waals surface area contributed by atoms with E-state index >= 15 is 0 Å². The van der Waals surface area contributed by atoms with Gasteiger partial charge in [0.05, 0.1) is 12.6 Å². The van der Waals surface area contributed by atoms with E-state index < -0.39 is 0 Å². The van der Waals surface area contributed by atoms with E-state index in [-0.39, 0.29) is 0 Å². The second kappa shape index (κ2) is 4.63. The molecule has 1 unspecified atom stereocenters. The van der Waals surface area contributed by atoms with Crippen molar-refractivity contribution < 1.29 is 0 Å². The van der Waals surface area contributed by atoms with Crippen LogP contribution >= 0.6 is 0 Å². The lowest BCUT2D eigenvalue weighted by Gasteiger charge is -2.32. The standard InChI is InChI=1S/C15H21N3/c1-11-6-8-12(9-7-11)14-10-17-15(16)18(14)13-4-2-3-5-13/h6-9,13-14H,2-5,10H2,1H3,(H2,16,17). The molecular formula is C15H21N3. The Balaban J connectivity index is 1.85. The molecule has 3 nitrogen and oxygen atoms in total. The monoisotopic (exact) mass is 243 g/mol. The molecule has 0 bridgehead atoms. The van der Waals surface area contributed by atoms with E-state index in [9.17, 15) is 0 Å². The van der Waals surface area contributed by atoms with Crippen molar-refractivity contribution in [1.29, 1.82) is 0 Å². The molecule has 1 atom stereocenters. The highest BCUT2D eigenvalue weighted by Gasteiger charge is 2.34. The van der Waals surface area contributed by atoms with E-state index in [0.29, 0.717) is 12.1 Å². The highest BCUT2D eigenvalue weighted by molar-refractivity contribution is 5.80. The Morgan fingerprint density at radius 1 is 1.17 bits per heavy atom. The first-order valence-electron chi connectivity index (χ1n) is 6.90. The van der Waals surface area contributed by atoms with Crippen LogP contribution in [0.4, 0.5) is 0 Å². The van der Waals surface area contributed by atoms with Gasteiger partial charge in [-0.3, -0.25) is 4.99 Å². The Kier molecular flexibility index (Phi) is 2.98. The van der Waals surface area contributed by atoms with Crippen LogP contribution in [0.2, 0.25) is 0 Å². The molecule has 1 saturated carbocycles. The first-order valence-corrected chi connectivity index (χ1v) is 6.90. The van der Waals surface area contributed by atoms with Gasteiger partial charge in [-0.1, -0.05) is 42.7 Å². The Morgan fingerprint density at radius 3 is 2.50 bits per heavy atom. The maximum Gasteiger partial charge on any atom is 0.192 e. The largest absolute Gasteiger partial charge is 0.370 e. The SMILES string of the molecule is Cc1ccc(C2CN=C(N)N2C2CCCC2)cc1. The molecule has 0 aromatic heterocycles. The molecule has 0 radical (unpaired) electrons. The Labute approximate surface area is 109 Å². The third-order valence-corrected chi connectivity index (χ3v) is 4.21. The van der Waals surface area contributed by atoms with Gasteiger partial charge in [-0.25, -0.2) is 0 Å². The minimum absolute atomic E-state index is 0.355. The minimum Gasteiger partial charge on any atom is -0.370 e. The fourth-order valence-corrected chi connectivity index (χ4v) is 3.19. The molecule has 2 N–H and O–H groups in total. The van der Waals surface area contributed by atoms with E-state index in [1.165, 1.54) is 36.8 Å². The third-order valence-electron chi connectivity index (χ3n) is 4.21. The average Bonchev–Trinajstić information content (AvgIpc) is 2.99. The summed E-state index contributed by atoms with van der Waals surface area (Å²) in [5, 5.41) is 0. The smallest absolute Gasteiger partial charge is 0.192 e. The number of aliphatic imine (C=N–C) groups is 1. The molecule has 1 heterocycles. The fourth-order valence-electron chi connectivity index (χ4n) is 3.19. The highest BCUT2D eigenvalue weighted by Crippen LogP contribution is 2.33. The Hall–Kier alpha value is -1.51. The van der Waals surface area contributed by atoms with E-state index in [1.807, 2.05) is 0 Å². The van der Waals surface area contributed by atoms with Crippen molar-refractivity contribution in [1.82, 2.24) is 4.90 Å². The Bertz CT molecular complexity index is 443. The number of benzene rings is 1. The zero-order chi connectivity index (χ0) is 12.5. The van der Waals surface area contributed by atoms with Crippen molar-refractivity contribution in [2.24, 2.45) is 10.7 Å². The quantitative estimate of drug-likeness (QED) is 0.867. The Morgan fingerprint density at radius 2 is 1.83 bits per heavy atom. The van der Waals surface area contributed by atoms with Crippen LogP contribution in [-0.2, 0) is 0 Å². The van der Waals surface area contributed by atoms with Crippen molar-refractivity contribution in [3.05, 3.63) is 35.4 Å². The molecule has 3 rings (SSSR count). The summed E-state index contributed by atoms with van der Waals surface area (Å²) in [5.41, 5.74) is 8.74. The molecular weight excluding hydrogens is 222 g/mol. The van der Waals surface area contributed by atoms with Crippen molar-refractivity contribution in [3.8, 4) is 0 Å². The molecule has 1 aromatic rings. The van der Waals surface area contributed by atoms with Gasteiger partial charge in [-0.2, -0.15) is 0 Å². The normalized spacial score (nSPS) is 24.6. The van der Waals surface area contributed by atoms with Crippen molar-refractivity contribution in [2.45, 2.75) is 44.7 Å². The lowest BCUT2D eigenvalue weighted by Crippen LogP contribution is -2.42. The maximum absolute atomic E-state index is 6.09. The van der Waals surface area contributed by atoms with E-state index in [1.54, 1.807) is 0 Å². The van der Waals surface area contributed by atoms with Crippen LogP contribution < -0.4 is 5.73 Å². The zero-order valence-corrected chi connectivity index (χ0v) is 11.0. The van der Waals surface area contributed by atoms with Crippen LogP contribution in [0.1, 0.15) is 42.9 Å². The van der Waals surface area contributed by atoms with E-state index in [0.717, 1.165) is 12.5 Å². The van der Waals surface area contributed by atoms with Crippen LogP contribution in [0.5, 0.6) is 0 Å². The number of hydrogen-bond acceptors (Lipinski definition) is 3. The summed E-state index contributed by atoms with van der Waals surface area (Å²) in [6.45, 7) is 2.93. The predicted octanol–water partition coefficient (Wildman–Crippen LogP) is 2.61. The second-order valence-corrected chi connectivity index (χ2v) is 5.47. The summed E-state index contributed by atoms with van der Waals surface area (Å²) < 4.78 is 0. The van der Waals surface area contributed by atoms with Gasteiger partial charge in [0, 0.05) is 6.04 Å². The minimum atomic E-state index is 0.355. The molecule has 96 valence electrons. The van der Waals surface area contributed by atoms with Gasteiger partial charge in [0.1, 0.15) is 0 Å². The molecule has 1 fully saturated rings. The molecule has 0 saturated heterocycles. The number of nitrogens with two attached hydrogens (primary N) is 1. The predicted molar refractivity (Wildman–Crippen MR) is 74.5 cm³/mol. The lowest BCUT2D eigenvalue weighted by molar-refractivity contribution is 0.262. The fraction of sp³-hybridized carbons (Fsp3) is 0.533. The van der Waals surface area contributed by atoms with Gasteiger partial charge in [-0.05, 0) is 25.3 Å². The van der Waals surface area contributed by atoms with Gasteiger partial charge in [0.25, 0.3) is 0 Å². The van der Waals surface area contributed by atoms with Crippen molar-refractivity contribution in [2.75, 3.05) is 6.54 Å². The topological polar surface area (TPSA) is 41.6 Å². The summed E-state index contributed by atoms with van der Waals surface area (Å²) in [5.74, 6) is 0.743. The van der Waals surface area contributed by atoms with Crippen molar-refractivity contribution in [3.63, 3.8) is 0 Å². The maximum atomic E-state index is 6.09. The molecule has 0 amide bonds. The first kappa shape index (κ1) is 11.6. The molecule has 0 spiro atoms.